The molecular weight excluding hydrogens is 262 g/mol. The Morgan fingerprint density at radius 3 is 2.90 bits per heavy atom. The molecule has 1 aliphatic heterocycles. The van der Waals surface area contributed by atoms with Crippen LogP contribution < -0.4 is 11.1 Å². The monoisotopic (exact) mass is 275 g/mol. The summed E-state index contributed by atoms with van der Waals surface area (Å²) in [5.74, 6) is 0.547. The molecule has 10 nitrogen and oxygen atoms in total. The molecule has 10 heteroatoms. The maximum Gasteiger partial charge on any atom is 0.258 e. The van der Waals surface area contributed by atoms with Gasteiger partial charge in [-0.05, 0) is 6.42 Å². The van der Waals surface area contributed by atoms with E-state index in [0.29, 0.717) is 13.0 Å². The van der Waals surface area contributed by atoms with Gasteiger partial charge in [0.1, 0.15) is 18.7 Å². The van der Waals surface area contributed by atoms with E-state index >= 15 is 0 Å². The van der Waals surface area contributed by atoms with Gasteiger partial charge in [-0.2, -0.15) is 24.7 Å². The number of anilines is 2. The van der Waals surface area contributed by atoms with Gasteiger partial charge in [0.05, 0.1) is 0 Å². The van der Waals surface area contributed by atoms with Crippen molar-refractivity contribution < 1.29 is 4.79 Å². The van der Waals surface area contributed by atoms with Gasteiger partial charge in [0, 0.05) is 13.6 Å². The molecule has 0 radical (unpaired) electrons. The average Bonchev–Trinajstić information content (AvgIpc) is 3.04. The quantitative estimate of drug-likeness (QED) is 0.705. The van der Waals surface area contributed by atoms with Gasteiger partial charge in [-0.1, -0.05) is 0 Å². The number of nitrogens with one attached hydrogen (secondary N) is 1. The van der Waals surface area contributed by atoms with Crippen molar-refractivity contribution >= 4 is 17.8 Å². The Morgan fingerprint density at radius 1 is 1.40 bits per heavy atom. The van der Waals surface area contributed by atoms with E-state index < -0.39 is 0 Å². The van der Waals surface area contributed by atoms with Crippen molar-refractivity contribution in [2.45, 2.75) is 12.5 Å². The van der Waals surface area contributed by atoms with Crippen LogP contribution in [0, 0.1) is 0 Å². The molecule has 0 bridgehead atoms. The van der Waals surface area contributed by atoms with Gasteiger partial charge in [0.2, 0.25) is 17.8 Å². The lowest BCUT2D eigenvalue weighted by Gasteiger charge is -2.12. The summed E-state index contributed by atoms with van der Waals surface area (Å²) in [5, 5.41) is 6.89. The minimum absolute atomic E-state index is 0.00582. The van der Waals surface area contributed by atoms with Crippen LogP contribution in [0.5, 0.6) is 0 Å². The van der Waals surface area contributed by atoms with Crippen LogP contribution in [0.4, 0.5) is 11.9 Å². The van der Waals surface area contributed by atoms with E-state index in [9.17, 15) is 4.79 Å². The van der Waals surface area contributed by atoms with Crippen LogP contribution in [-0.4, -0.2) is 60.2 Å². The molecule has 0 spiro atoms. The third kappa shape index (κ3) is 2.22. The summed E-state index contributed by atoms with van der Waals surface area (Å²) in [6, 6.07) is -0.342. The Bertz CT molecular complexity index is 626. The highest BCUT2D eigenvalue weighted by atomic mass is 16.2. The Morgan fingerprint density at radius 2 is 2.25 bits per heavy atom. The molecule has 3 N–H and O–H groups in total. The van der Waals surface area contributed by atoms with Crippen LogP contribution in [0.2, 0.25) is 0 Å². The number of nitrogens with two attached hydrogens (primary N) is 1. The average molecular weight is 275 g/mol. The Balaban J connectivity index is 1.85. The first-order valence-electron chi connectivity index (χ1n) is 6.01. The molecule has 0 aromatic carbocycles. The summed E-state index contributed by atoms with van der Waals surface area (Å²) in [6.45, 7) is 0.701. The second kappa shape index (κ2) is 4.72. The fourth-order valence-electron chi connectivity index (χ4n) is 1.97. The molecule has 20 heavy (non-hydrogen) atoms. The zero-order valence-electron chi connectivity index (χ0n) is 10.8. The van der Waals surface area contributed by atoms with Crippen molar-refractivity contribution in [3.63, 3.8) is 0 Å². The maximum atomic E-state index is 11.8. The van der Waals surface area contributed by atoms with Crippen molar-refractivity contribution in [1.82, 2.24) is 34.6 Å². The summed E-state index contributed by atoms with van der Waals surface area (Å²) in [7, 11) is 1.76. The zero-order chi connectivity index (χ0) is 14.1. The van der Waals surface area contributed by atoms with Gasteiger partial charge in [0.15, 0.2) is 0 Å². The Hall–Kier alpha value is -2.78. The first-order valence-corrected chi connectivity index (χ1v) is 6.01. The predicted octanol–water partition coefficient (Wildman–Crippen LogP) is -1.32. The van der Waals surface area contributed by atoms with Crippen LogP contribution in [0.25, 0.3) is 5.95 Å². The van der Waals surface area contributed by atoms with Crippen molar-refractivity contribution in [3.05, 3.63) is 12.7 Å². The van der Waals surface area contributed by atoms with Crippen LogP contribution in [-0.2, 0) is 4.79 Å². The number of amides is 1. The summed E-state index contributed by atoms with van der Waals surface area (Å²) in [5.41, 5.74) is 5.64. The minimum atomic E-state index is -0.342. The van der Waals surface area contributed by atoms with Gasteiger partial charge in [-0.25, -0.2) is 4.98 Å². The summed E-state index contributed by atoms with van der Waals surface area (Å²) < 4.78 is 1.37. The van der Waals surface area contributed by atoms with E-state index in [-0.39, 0.29) is 29.8 Å². The number of rotatable bonds is 3. The van der Waals surface area contributed by atoms with E-state index in [0.717, 1.165) is 0 Å². The van der Waals surface area contributed by atoms with E-state index in [2.05, 4.69) is 30.4 Å². The lowest BCUT2D eigenvalue weighted by molar-refractivity contribution is -0.127. The molecule has 1 saturated heterocycles. The normalized spacial score (nSPS) is 18.6. The first kappa shape index (κ1) is 12.3. The van der Waals surface area contributed by atoms with Crippen molar-refractivity contribution in [2.75, 3.05) is 24.6 Å². The molecule has 1 amide bonds. The van der Waals surface area contributed by atoms with Crippen molar-refractivity contribution in [3.8, 4) is 5.95 Å². The van der Waals surface area contributed by atoms with E-state index in [1.807, 2.05) is 0 Å². The number of aromatic nitrogens is 6. The lowest BCUT2D eigenvalue weighted by atomic mass is 10.2. The summed E-state index contributed by atoms with van der Waals surface area (Å²) in [6.07, 6.45) is 3.51. The molecule has 1 fully saturated rings. The SMILES string of the molecule is CN1CCC(Nc2nc(N)nc(-n3cncn3)n2)C1=O. The fourth-order valence-corrected chi connectivity index (χ4v) is 1.97. The molecule has 2 aromatic heterocycles. The van der Waals surface area contributed by atoms with Gasteiger partial charge in [0.25, 0.3) is 5.95 Å². The molecule has 0 aliphatic carbocycles. The van der Waals surface area contributed by atoms with Crippen LogP contribution in [0.15, 0.2) is 12.7 Å². The number of carbonyl (C=O) groups excluding carboxylic acids is 1. The lowest BCUT2D eigenvalue weighted by Crippen LogP contribution is -2.31. The number of hydrogen-bond acceptors (Lipinski definition) is 8. The molecule has 3 rings (SSSR count). The number of nitrogen functional groups attached to an aromatic ring is 1. The van der Waals surface area contributed by atoms with Gasteiger partial charge in [-0.15, -0.1) is 0 Å². The molecule has 1 aliphatic rings. The highest BCUT2D eigenvalue weighted by molar-refractivity contribution is 5.86. The van der Waals surface area contributed by atoms with Gasteiger partial charge in [-0.3, -0.25) is 4.79 Å². The van der Waals surface area contributed by atoms with Crippen LogP contribution in [0.3, 0.4) is 0 Å². The van der Waals surface area contributed by atoms with Crippen LogP contribution in [0.1, 0.15) is 6.42 Å². The van der Waals surface area contributed by atoms with E-state index in [1.54, 1.807) is 11.9 Å². The Kier molecular flexibility index (Phi) is 2.89. The number of hydrogen-bond donors (Lipinski definition) is 2. The number of nitrogens with zero attached hydrogens (tertiary/aromatic N) is 7. The fraction of sp³-hybridized carbons (Fsp3) is 0.400. The second-order valence-corrected chi connectivity index (χ2v) is 4.40. The van der Waals surface area contributed by atoms with Gasteiger partial charge >= 0.3 is 0 Å². The highest BCUT2D eigenvalue weighted by Crippen LogP contribution is 2.14. The summed E-state index contributed by atoms with van der Waals surface area (Å²) >= 11 is 0. The molecule has 1 atom stereocenters. The standard InChI is InChI=1S/C10H13N9O/c1-18-3-2-6(7(18)20)14-9-15-8(11)16-10(17-9)19-5-12-4-13-19/h4-6H,2-3H2,1H3,(H3,11,14,15,16,17). The van der Waals surface area contributed by atoms with Crippen molar-refractivity contribution in [1.29, 1.82) is 0 Å². The van der Waals surface area contributed by atoms with E-state index in [4.69, 9.17) is 5.73 Å². The van der Waals surface area contributed by atoms with E-state index in [1.165, 1.54) is 17.3 Å². The summed E-state index contributed by atoms with van der Waals surface area (Å²) in [4.78, 5) is 29.4. The smallest absolute Gasteiger partial charge is 0.258 e. The zero-order valence-corrected chi connectivity index (χ0v) is 10.8. The molecule has 2 aromatic rings. The molecule has 0 saturated carbocycles. The largest absolute Gasteiger partial charge is 0.368 e. The second-order valence-electron chi connectivity index (χ2n) is 4.40. The molecule has 3 heterocycles. The highest BCUT2D eigenvalue weighted by Gasteiger charge is 2.29. The molecule has 104 valence electrons. The maximum absolute atomic E-state index is 11.8. The first-order chi connectivity index (χ1) is 9.63. The third-order valence-corrected chi connectivity index (χ3v) is 3.00. The minimum Gasteiger partial charge on any atom is -0.368 e. The van der Waals surface area contributed by atoms with Crippen LogP contribution >= 0.6 is 0 Å². The molecular formula is C10H13N9O. The predicted molar refractivity (Wildman–Crippen MR) is 68.8 cm³/mol. The number of likely N-dealkylation sites (N-methyl/N-ethyl adjacent to an activating group) is 1. The van der Waals surface area contributed by atoms with Crippen molar-refractivity contribution in [2.24, 2.45) is 0 Å². The molecule has 1 unspecified atom stereocenters. The van der Waals surface area contributed by atoms with Gasteiger partial charge < -0.3 is 16.0 Å². The number of carbonyl (C=O) groups is 1. The Labute approximate surface area is 114 Å². The topological polar surface area (TPSA) is 128 Å². The number of likely N-dealkylation sites (tertiary alicyclic amines) is 1. The third-order valence-electron chi connectivity index (χ3n) is 3.00.